The van der Waals surface area contributed by atoms with Gasteiger partial charge in [0.05, 0.1) is 34.9 Å². The van der Waals surface area contributed by atoms with Crippen LogP contribution in [0.5, 0.6) is 0 Å². The van der Waals surface area contributed by atoms with Crippen LogP contribution in [-0.2, 0) is 0 Å². The Morgan fingerprint density at radius 3 is 1.45 bits per heavy atom. The molecule has 0 aliphatic rings. The molecule has 0 fully saturated rings. The van der Waals surface area contributed by atoms with Crippen molar-refractivity contribution in [2.24, 2.45) is 0 Å². The van der Waals surface area contributed by atoms with Gasteiger partial charge in [0, 0.05) is 5.56 Å². The van der Waals surface area contributed by atoms with E-state index in [4.69, 9.17) is 0 Å². The number of hydrogen-bond donors (Lipinski definition) is 1. The summed E-state index contributed by atoms with van der Waals surface area (Å²) in [6.45, 7) is 3.87. The number of hydrogen-bond acceptors (Lipinski definition) is 0. The fourth-order valence-corrected chi connectivity index (χ4v) is 6.18. The lowest BCUT2D eigenvalue weighted by Gasteiger charge is -2.43. The molecule has 0 aliphatic heterocycles. The Morgan fingerprint density at radius 1 is 0.596 bits per heavy atom. The van der Waals surface area contributed by atoms with Gasteiger partial charge in [-0.2, -0.15) is 6.32 Å². The van der Waals surface area contributed by atoms with Crippen molar-refractivity contribution in [2.45, 2.75) is 33.0 Å². The van der Waals surface area contributed by atoms with Crippen LogP contribution in [0, 0.1) is 34.9 Å². The maximum absolute atomic E-state index is 15.0. The Labute approximate surface area is 272 Å². The summed E-state index contributed by atoms with van der Waals surface area (Å²) in [6, 6.07) is 27.2. The average Bonchev–Trinajstić information content (AvgIpc) is 3.04. The van der Waals surface area contributed by atoms with E-state index in [1.54, 1.807) is 6.92 Å². The van der Waals surface area contributed by atoms with E-state index in [0.717, 1.165) is 60.3 Å². The quantitative estimate of drug-likeness (QED) is 0.0949. The molecule has 0 spiro atoms. The van der Waals surface area contributed by atoms with E-state index < -0.39 is 57.4 Å². The van der Waals surface area contributed by atoms with Gasteiger partial charge >= 0.3 is 0 Å². The van der Waals surface area contributed by atoms with Gasteiger partial charge in [-0.25, -0.2) is 26.3 Å². The standard InChI is InChI=1S/C22H18BF6.C17H17N/c1-2-3-13-23(20-14(24)7-4-8-15(20)25,21-16(26)9-5-10-17(21)27)22-18(28)11-6-12-19(22)29;1-14(16-12-5-6-13-17(16)18)8-7-11-15-9-3-2-4-10-15/h4-12H,2-3,13H2,1H3;2-13H,18H2,1H3/q-1;/p+1/b;11-7+,14-8-. The predicted molar refractivity (Wildman–Crippen MR) is 182 cm³/mol. The van der Waals surface area contributed by atoms with E-state index in [-0.39, 0.29) is 12.7 Å². The second-order valence-electron chi connectivity index (χ2n) is 11.4. The molecule has 8 heteroatoms. The number of benzene rings is 5. The highest BCUT2D eigenvalue weighted by atomic mass is 19.2. The lowest BCUT2D eigenvalue weighted by Crippen LogP contribution is -2.72. The van der Waals surface area contributed by atoms with Crippen LogP contribution in [0.3, 0.4) is 0 Å². The Balaban J connectivity index is 0.000000238. The zero-order chi connectivity index (χ0) is 34.0. The fourth-order valence-electron chi connectivity index (χ4n) is 6.18. The van der Waals surface area contributed by atoms with Crippen molar-refractivity contribution in [2.75, 3.05) is 0 Å². The second kappa shape index (κ2) is 16.1. The van der Waals surface area contributed by atoms with E-state index in [0.29, 0.717) is 6.42 Å². The minimum Gasteiger partial charge on any atom is -0.325 e. The highest BCUT2D eigenvalue weighted by Gasteiger charge is 2.41. The molecule has 5 aromatic rings. The van der Waals surface area contributed by atoms with Crippen LogP contribution in [-0.4, -0.2) is 6.15 Å². The molecule has 242 valence electrons. The molecule has 0 aromatic heterocycles. The topological polar surface area (TPSA) is 27.6 Å². The number of rotatable bonds is 9. The zero-order valence-electron chi connectivity index (χ0n) is 26.3. The lowest BCUT2D eigenvalue weighted by molar-refractivity contribution is -0.255. The monoisotopic (exact) mass is 643 g/mol. The summed E-state index contributed by atoms with van der Waals surface area (Å²) in [7, 11) is 0. The van der Waals surface area contributed by atoms with E-state index in [9.17, 15) is 26.3 Å². The third kappa shape index (κ3) is 7.95. The Morgan fingerprint density at radius 2 is 1.02 bits per heavy atom. The summed E-state index contributed by atoms with van der Waals surface area (Å²) in [4.78, 5) is 0. The fraction of sp³-hybridized carbons (Fsp3) is 0.128. The molecule has 0 aliphatic carbocycles. The normalized spacial score (nSPS) is 11.8. The molecule has 47 heavy (non-hydrogen) atoms. The molecular formula is C39H36BF6N. The molecule has 0 radical (unpaired) electrons. The van der Waals surface area contributed by atoms with E-state index in [1.165, 1.54) is 16.7 Å². The predicted octanol–water partition coefficient (Wildman–Crippen LogP) is 8.47. The van der Waals surface area contributed by atoms with Crippen molar-refractivity contribution in [3.05, 3.63) is 167 Å². The van der Waals surface area contributed by atoms with Crippen molar-refractivity contribution in [1.29, 1.82) is 0 Å². The van der Waals surface area contributed by atoms with Gasteiger partial charge in [0.1, 0.15) is 11.8 Å². The molecule has 5 aromatic carbocycles. The van der Waals surface area contributed by atoms with Crippen LogP contribution in [0.15, 0.2) is 121 Å². The zero-order valence-corrected chi connectivity index (χ0v) is 26.3. The second-order valence-corrected chi connectivity index (χ2v) is 11.4. The van der Waals surface area contributed by atoms with Crippen molar-refractivity contribution >= 4 is 39.9 Å². The first-order valence-electron chi connectivity index (χ1n) is 15.4. The Kier molecular flexibility index (Phi) is 12.0. The van der Waals surface area contributed by atoms with Gasteiger partial charge in [-0.3, -0.25) is 0 Å². The first-order chi connectivity index (χ1) is 22.6. The maximum atomic E-state index is 15.0. The third-order valence-electron chi connectivity index (χ3n) is 8.34. The molecule has 3 N–H and O–H groups in total. The van der Waals surface area contributed by atoms with Crippen LogP contribution in [0.2, 0.25) is 6.32 Å². The summed E-state index contributed by atoms with van der Waals surface area (Å²) < 4.78 is 89.7. The van der Waals surface area contributed by atoms with Gasteiger partial charge in [-0.15, -0.1) is 16.4 Å². The maximum Gasteiger partial charge on any atom is 0.135 e. The number of unbranched alkanes of at least 4 members (excludes halogenated alkanes) is 1. The van der Waals surface area contributed by atoms with Crippen LogP contribution in [0.25, 0.3) is 11.6 Å². The minimum absolute atomic E-state index is 0.231. The third-order valence-corrected chi connectivity index (χ3v) is 8.34. The van der Waals surface area contributed by atoms with Crippen LogP contribution in [0.1, 0.15) is 37.8 Å². The van der Waals surface area contributed by atoms with E-state index >= 15 is 0 Å². The highest BCUT2D eigenvalue weighted by molar-refractivity contribution is 7.11. The summed E-state index contributed by atoms with van der Waals surface area (Å²) in [5.74, 6) is -6.71. The van der Waals surface area contributed by atoms with Gasteiger partial charge in [0.15, 0.2) is 0 Å². The van der Waals surface area contributed by atoms with Crippen LogP contribution in [0.4, 0.5) is 32.0 Å². The van der Waals surface area contributed by atoms with Crippen molar-refractivity contribution in [3.8, 4) is 0 Å². The number of quaternary nitrogens is 1. The van der Waals surface area contributed by atoms with Crippen molar-refractivity contribution in [3.63, 3.8) is 0 Å². The van der Waals surface area contributed by atoms with Crippen LogP contribution >= 0.6 is 0 Å². The molecule has 0 atom stereocenters. The Bertz CT molecular complexity index is 1680. The van der Waals surface area contributed by atoms with Gasteiger partial charge in [-0.05, 0) is 66.6 Å². The summed E-state index contributed by atoms with van der Waals surface area (Å²) >= 11 is 0. The molecule has 1 nitrogen and oxygen atoms in total. The lowest BCUT2D eigenvalue weighted by atomic mass is 9.13. The van der Waals surface area contributed by atoms with Gasteiger partial charge in [0.2, 0.25) is 0 Å². The molecule has 0 unspecified atom stereocenters. The van der Waals surface area contributed by atoms with Gasteiger partial charge in [0.25, 0.3) is 0 Å². The molecule has 0 amide bonds. The Hall–Kier alpha value is -4.82. The number of halogens is 6. The molecular weight excluding hydrogens is 607 g/mol. The van der Waals surface area contributed by atoms with Gasteiger partial charge in [-0.1, -0.05) is 98.7 Å². The highest BCUT2D eigenvalue weighted by Crippen LogP contribution is 2.24. The summed E-state index contributed by atoms with van der Waals surface area (Å²) in [5.41, 5.74) is 6.57. The molecule has 0 saturated heterocycles. The molecule has 0 heterocycles. The van der Waals surface area contributed by atoms with E-state index in [1.807, 2.05) is 36.4 Å². The molecule has 5 rings (SSSR count). The van der Waals surface area contributed by atoms with Gasteiger partial charge < -0.3 is 5.73 Å². The largest absolute Gasteiger partial charge is 0.325 e. The first kappa shape index (κ1) is 35.0. The van der Waals surface area contributed by atoms with Crippen LogP contribution < -0.4 is 22.1 Å². The smallest absolute Gasteiger partial charge is 0.135 e. The SMILES string of the molecule is C/C(=C/C=C/c1ccccc1)c1ccccc1[NH3+].CCCC[B-](c1c(F)cccc1F)(c1c(F)cccc1F)c1c(F)cccc1F. The van der Waals surface area contributed by atoms with Crippen molar-refractivity contribution < 1.29 is 32.1 Å². The first-order valence-corrected chi connectivity index (χ1v) is 15.4. The van der Waals surface area contributed by atoms with Crippen molar-refractivity contribution in [1.82, 2.24) is 0 Å². The molecule has 0 bridgehead atoms. The summed E-state index contributed by atoms with van der Waals surface area (Å²) in [5, 5.41) is 0. The average molecular weight is 644 g/mol. The summed E-state index contributed by atoms with van der Waals surface area (Å²) in [6.07, 6.45) is 3.46. The molecule has 0 saturated carbocycles. The minimum atomic E-state index is -3.32. The van der Waals surface area contributed by atoms with E-state index in [2.05, 4.69) is 49.1 Å². The number of allylic oxidation sites excluding steroid dienone is 3.